The van der Waals surface area contributed by atoms with Gasteiger partial charge < -0.3 is 14.3 Å². The average molecular weight is 343 g/mol. The molecule has 1 atom stereocenters. The molecule has 7 heteroatoms. The molecule has 0 aliphatic carbocycles. The quantitative estimate of drug-likeness (QED) is 0.792. The Bertz CT molecular complexity index is 514. The Hall–Kier alpha value is -1.34. The van der Waals surface area contributed by atoms with E-state index in [2.05, 4.69) is 33.9 Å². The first kappa shape index (κ1) is 19.7. The van der Waals surface area contributed by atoms with Crippen LogP contribution < -0.4 is 0 Å². The molecule has 0 aromatic carbocycles. The normalized spacial score (nSPS) is 19.8. The maximum Gasteiger partial charge on any atom is 0.418 e. The summed E-state index contributed by atoms with van der Waals surface area (Å²) >= 11 is 0. The van der Waals surface area contributed by atoms with Crippen LogP contribution in [0.25, 0.3) is 0 Å². The highest BCUT2D eigenvalue weighted by Crippen LogP contribution is 2.37. The second-order valence-corrected chi connectivity index (χ2v) is 13.2. The van der Waals surface area contributed by atoms with Crippen molar-refractivity contribution < 1.29 is 23.9 Å². The van der Waals surface area contributed by atoms with Crippen LogP contribution in [-0.4, -0.2) is 48.6 Å². The Morgan fingerprint density at radius 3 is 2.22 bits per heavy atom. The lowest BCUT2D eigenvalue weighted by Crippen LogP contribution is -2.49. The summed E-state index contributed by atoms with van der Waals surface area (Å²) in [6.45, 7) is 15.7. The van der Waals surface area contributed by atoms with E-state index in [1.165, 1.54) is 0 Å². The zero-order chi connectivity index (χ0) is 18.2. The van der Waals surface area contributed by atoms with Crippen LogP contribution in [-0.2, 0) is 14.0 Å². The predicted molar refractivity (Wildman–Crippen MR) is 90.7 cm³/mol. The molecule has 0 saturated heterocycles. The maximum absolute atomic E-state index is 12.2. The fraction of sp³-hybridized carbons (Fsp3) is 0.750. The highest BCUT2D eigenvalue weighted by atomic mass is 28.4. The Morgan fingerprint density at radius 1 is 1.26 bits per heavy atom. The third-order valence-electron chi connectivity index (χ3n) is 4.16. The van der Waals surface area contributed by atoms with Crippen LogP contribution in [0.3, 0.4) is 0 Å². The van der Waals surface area contributed by atoms with Crippen LogP contribution in [0.4, 0.5) is 4.79 Å². The number of imide groups is 1. The topological polar surface area (TPSA) is 76.1 Å². The zero-order valence-corrected chi connectivity index (χ0v) is 16.4. The van der Waals surface area contributed by atoms with Gasteiger partial charge in [0.05, 0.1) is 6.61 Å². The molecule has 6 nitrogen and oxygen atoms in total. The Kier molecular flexibility index (Phi) is 5.38. The first-order valence-electron chi connectivity index (χ1n) is 7.76. The summed E-state index contributed by atoms with van der Waals surface area (Å²) in [6.07, 6.45) is 0.274. The molecular weight excluding hydrogens is 314 g/mol. The Labute approximate surface area is 139 Å². The molecule has 0 saturated carbocycles. The number of aliphatic hydroxyl groups is 1. The van der Waals surface area contributed by atoms with Gasteiger partial charge in [0.1, 0.15) is 17.4 Å². The van der Waals surface area contributed by atoms with Gasteiger partial charge in [-0.3, -0.25) is 4.79 Å². The van der Waals surface area contributed by atoms with Gasteiger partial charge in [-0.05, 0) is 38.9 Å². The minimum Gasteiger partial charge on any atom is -0.510 e. The van der Waals surface area contributed by atoms with Crippen molar-refractivity contribution in [2.45, 2.75) is 71.3 Å². The van der Waals surface area contributed by atoms with E-state index in [4.69, 9.17) is 9.16 Å². The summed E-state index contributed by atoms with van der Waals surface area (Å²) < 4.78 is 11.3. The molecule has 23 heavy (non-hydrogen) atoms. The number of nitrogens with zero attached hydrogens (tertiary/aromatic N) is 1. The molecule has 1 N–H and O–H groups in total. The molecule has 132 valence electrons. The van der Waals surface area contributed by atoms with Crippen LogP contribution in [0.15, 0.2) is 11.8 Å². The van der Waals surface area contributed by atoms with E-state index in [0.29, 0.717) is 0 Å². The fourth-order valence-electron chi connectivity index (χ4n) is 1.77. The molecule has 2 amide bonds. The van der Waals surface area contributed by atoms with Gasteiger partial charge in [0, 0.05) is 6.08 Å². The maximum atomic E-state index is 12.2. The molecule has 0 radical (unpaired) electrons. The molecule has 0 unspecified atom stereocenters. The molecule has 0 fully saturated rings. The number of ether oxygens (including phenoxy) is 1. The summed E-state index contributed by atoms with van der Waals surface area (Å²) in [7, 11) is -2.06. The van der Waals surface area contributed by atoms with Crippen LogP contribution in [0, 0.1) is 0 Å². The minimum absolute atomic E-state index is 0.00824. The second kappa shape index (κ2) is 6.28. The molecule has 1 aliphatic heterocycles. The van der Waals surface area contributed by atoms with E-state index in [0.717, 1.165) is 11.0 Å². The smallest absolute Gasteiger partial charge is 0.418 e. The molecule has 0 bridgehead atoms. The van der Waals surface area contributed by atoms with E-state index < -0.39 is 32.0 Å². The van der Waals surface area contributed by atoms with Crippen LogP contribution in [0.1, 0.15) is 41.5 Å². The summed E-state index contributed by atoms with van der Waals surface area (Å²) in [5, 5.41) is 9.99. The van der Waals surface area contributed by atoms with Crippen molar-refractivity contribution in [3.05, 3.63) is 11.8 Å². The van der Waals surface area contributed by atoms with Crippen molar-refractivity contribution >= 4 is 20.3 Å². The standard InChI is InChI=1S/C16H29NO5Si/c1-15(2,3)22-14(20)17-11(12(18)9-13(17)19)10-21-23(7,8)16(4,5)6/h9,11,18H,10H2,1-8H3/t11-/m0/s1. The van der Waals surface area contributed by atoms with Gasteiger partial charge in [-0.15, -0.1) is 0 Å². The fourth-order valence-corrected chi connectivity index (χ4v) is 2.78. The van der Waals surface area contributed by atoms with Crippen molar-refractivity contribution in [1.29, 1.82) is 0 Å². The molecule has 1 heterocycles. The third kappa shape index (κ3) is 4.81. The molecule has 0 aromatic heterocycles. The van der Waals surface area contributed by atoms with Crippen molar-refractivity contribution in [2.24, 2.45) is 0 Å². The number of carbonyl (C=O) groups excluding carboxylic acids is 2. The van der Waals surface area contributed by atoms with Gasteiger partial charge in [-0.25, -0.2) is 9.69 Å². The highest BCUT2D eigenvalue weighted by molar-refractivity contribution is 6.74. The lowest BCUT2D eigenvalue weighted by molar-refractivity contribution is -0.125. The summed E-state index contributed by atoms with van der Waals surface area (Å²) in [5.74, 6) is -0.750. The van der Waals surface area contributed by atoms with Gasteiger partial charge in [-0.2, -0.15) is 0 Å². The van der Waals surface area contributed by atoms with E-state index in [1.54, 1.807) is 20.8 Å². The van der Waals surface area contributed by atoms with Gasteiger partial charge in [0.15, 0.2) is 8.32 Å². The molecule has 1 rings (SSSR count). The summed E-state index contributed by atoms with van der Waals surface area (Å²) in [4.78, 5) is 25.2. The first-order valence-corrected chi connectivity index (χ1v) is 10.7. The van der Waals surface area contributed by atoms with E-state index in [9.17, 15) is 14.7 Å². The summed E-state index contributed by atoms with van der Waals surface area (Å²) in [5.41, 5.74) is -0.722. The average Bonchev–Trinajstić information content (AvgIpc) is 2.57. The summed E-state index contributed by atoms with van der Waals surface area (Å²) in [6, 6.07) is -0.827. The van der Waals surface area contributed by atoms with Gasteiger partial charge in [0.2, 0.25) is 0 Å². The molecular formula is C16H29NO5Si. The highest BCUT2D eigenvalue weighted by Gasteiger charge is 2.43. The number of hydrogen-bond donors (Lipinski definition) is 1. The molecule has 0 spiro atoms. The minimum atomic E-state index is -2.06. The van der Waals surface area contributed by atoms with E-state index in [-0.39, 0.29) is 17.4 Å². The SMILES string of the molecule is CC(C)(C)OC(=O)N1C(=O)C=C(O)[C@@H]1CO[Si](C)(C)C(C)(C)C. The Balaban J connectivity index is 2.88. The Morgan fingerprint density at radius 2 is 1.78 bits per heavy atom. The number of carbonyl (C=O) groups is 2. The van der Waals surface area contributed by atoms with E-state index >= 15 is 0 Å². The number of aliphatic hydroxyl groups excluding tert-OH is 1. The van der Waals surface area contributed by atoms with Crippen molar-refractivity contribution in [3.8, 4) is 0 Å². The predicted octanol–water partition coefficient (Wildman–Crippen LogP) is 3.60. The van der Waals surface area contributed by atoms with Crippen LogP contribution in [0.2, 0.25) is 18.1 Å². The van der Waals surface area contributed by atoms with E-state index in [1.807, 2.05) is 0 Å². The van der Waals surface area contributed by atoms with Crippen molar-refractivity contribution in [2.75, 3.05) is 6.61 Å². The number of hydrogen-bond acceptors (Lipinski definition) is 5. The number of amides is 2. The van der Waals surface area contributed by atoms with Crippen molar-refractivity contribution in [1.82, 2.24) is 4.90 Å². The molecule has 1 aliphatic rings. The van der Waals surface area contributed by atoms with Crippen molar-refractivity contribution in [3.63, 3.8) is 0 Å². The van der Waals surface area contributed by atoms with Gasteiger partial charge in [-0.1, -0.05) is 20.8 Å². The van der Waals surface area contributed by atoms with Gasteiger partial charge in [0.25, 0.3) is 5.91 Å². The number of rotatable bonds is 3. The largest absolute Gasteiger partial charge is 0.510 e. The van der Waals surface area contributed by atoms with Gasteiger partial charge >= 0.3 is 6.09 Å². The lowest BCUT2D eigenvalue weighted by atomic mass is 10.2. The zero-order valence-electron chi connectivity index (χ0n) is 15.4. The second-order valence-electron chi connectivity index (χ2n) is 8.34. The molecule has 0 aromatic rings. The van der Waals surface area contributed by atoms with Crippen LogP contribution >= 0.6 is 0 Å². The van der Waals surface area contributed by atoms with Crippen LogP contribution in [0.5, 0.6) is 0 Å². The monoisotopic (exact) mass is 343 g/mol. The lowest BCUT2D eigenvalue weighted by Gasteiger charge is -2.37. The first-order chi connectivity index (χ1) is 10.2. The third-order valence-corrected chi connectivity index (χ3v) is 8.66.